The normalized spacial score (nSPS) is 47.7. The Morgan fingerprint density at radius 2 is 1.73 bits per heavy atom. The molecule has 0 bridgehead atoms. The summed E-state index contributed by atoms with van der Waals surface area (Å²) in [6, 6.07) is 0. The third-order valence-corrected chi connectivity index (χ3v) is 5.13. The molecule has 0 aliphatic carbocycles. The summed E-state index contributed by atoms with van der Waals surface area (Å²) in [6.45, 7) is 4.07. The lowest BCUT2D eigenvalue weighted by Crippen LogP contribution is -2.31. The van der Waals surface area contributed by atoms with Crippen LogP contribution in [0.5, 0.6) is 0 Å². The van der Waals surface area contributed by atoms with Gasteiger partial charge in [-0.3, -0.25) is 0 Å². The molecule has 2 heterocycles. The van der Waals surface area contributed by atoms with Gasteiger partial charge < -0.3 is 13.4 Å². The Morgan fingerprint density at radius 1 is 1.27 bits per heavy atom. The molecule has 0 aromatic carbocycles. The van der Waals surface area contributed by atoms with Crippen LogP contribution in [0.1, 0.15) is 0 Å². The van der Waals surface area contributed by atoms with E-state index >= 15 is 0 Å². The molecule has 2 fully saturated rings. The van der Waals surface area contributed by atoms with Gasteiger partial charge in [-0.1, -0.05) is 0 Å². The first-order valence-electron chi connectivity index (χ1n) is 3.77. The lowest BCUT2D eigenvalue weighted by atomic mass is 10.3. The van der Waals surface area contributed by atoms with E-state index in [0.717, 1.165) is 0 Å². The Kier molecular flexibility index (Phi) is 1.81. The van der Waals surface area contributed by atoms with Crippen LogP contribution in [0.4, 0.5) is 0 Å². The third-order valence-electron chi connectivity index (χ3n) is 1.99. The van der Waals surface area contributed by atoms with Gasteiger partial charge in [0.2, 0.25) is 0 Å². The summed E-state index contributed by atoms with van der Waals surface area (Å²) in [5, 5.41) is 0. The minimum Gasteiger partial charge on any atom is -0.616 e. The molecule has 2 atom stereocenters. The van der Waals surface area contributed by atoms with Crippen molar-refractivity contribution in [3.63, 3.8) is 0 Å². The first-order chi connectivity index (χ1) is 5.07. The molecule has 2 rings (SSSR count). The maximum atomic E-state index is 11.0. The summed E-state index contributed by atoms with van der Waals surface area (Å²) >= 11 is -0.693. The predicted octanol–water partition coefficient (Wildman–Crippen LogP) is 0.234. The van der Waals surface area contributed by atoms with Gasteiger partial charge in [-0.15, -0.1) is 0 Å². The van der Waals surface area contributed by atoms with Crippen LogP contribution in [-0.2, 0) is 20.0 Å². The van der Waals surface area contributed by atoms with E-state index in [0.29, 0.717) is 11.5 Å². The summed E-state index contributed by atoms with van der Waals surface area (Å²) in [7, 11) is -1.80. The molecular weight excluding hydrogens is 180 g/mol. The molecule has 5 heteroatoms. The van der Waals surface area contributed by atoms with Crippen molar-refractivity contribution < 1.29 is 13.4 Å². The Hall–Kier alpha value is 0.447. The van der Waals surface area contributed by atoms with Crippen molar-refractivity contribution in [2.45, 2.75) is 25.3 Å². The Bertz CT molecular complexity index is 159. The van der Waals surface area contributed by atoms with E-state index in [1.165, 1.54) is 0 Å². The molecule has 2 unspecified atom stereocenters. The van der Waals surface area contributed by atoms with Gasteiger partial charge in [0, 0.05) is 0 Å². The summed E-state index contributed by atoms with van der Waals surface area (Å²) in [6.07, 6.45) is 0.273. The van der Waals surface area contributed by atoms with Crippen molar-refractivity contribution in [3.8, 4) is 0 Å². The fourth-order valence-electron chi connectivity index (χ4n) is 1.63. The largest absolute Gasteiger partial charge is 0.616 e. The summed E-state index contributed by atoms with van der Waals surface area (Å²) < 4.78 is 22.4. The van der Waals surface area contributed by atoms with Crippen LogP contribution in [0.15, 0.2) is 0 Å². The lowest BCUT2D eigenvalue weighted by Gasteiger charge is -2.15. The SMILES string of the molecule is C[Si]1(C)OC2C[S+]([O-])CC2O1. The van der Waals surface area contributed by atoms with Crippen molar-refractivity contribution in [2.24, 2.45) is 0 Å². The highest BCUT2D eigenvalue weighted by Gasteiger charge is 2.51. The molecule has 11 heavy (non-hydrogen) atoms. The highest BCUT2D eigenvalue weighted by molar-refractivity contribution is 7.91. The first-order valence-corrected chi connectivity index (χ1v) is 8.08. The molecule has 0 aromatic rings. The second-order valence-electron chi connectivity index (χ2n) is 3.49. The third kappa shape index (κ3) is 1.48. The smallest absolute Gasteiger partial charge is 0.332 e. The fourth-order valence-corrected chi connectivity index (χ4v) is 5.29. The molecule has 64 valence electrons. The Balaban J connectivity index is 2.04. The van der Waals surface area contributed by atoms with Gasteiger partial charge >= 0.3 is 8.56 Å². The van der Waals surface area contributed by atoms with Gasteiger partial charge in [0.1, 0.15) is 23.7 Å². The molecule has 0 saturated carbocycles. The van der Waals surface area contributed by atoms with Gasteiger partial charge in [-0.25, -0.2) is 0 Å². The summed E-state index contributed by atoms with van der Waals surface area (Å²) in [5.74, 6) is 1.36. The highest BCUT2D eigenvalue weighted by atomic mass is 32.2. The minimum absolute atomic E-state index is 0.137. The average molecular weight is 192 g/mol. The first kappa shape index (κ1) is 8.06. The molecule has 0 amide bonds. The number of fused-ring (bicyclic) bond motifs is 1. The van der Waals surface area contributed by atoms with E-state index < -0.39 is 19.7 Å². The summed E-state index contributed by atoms with van der Waals surface area (Å²) in [5.41, 5.74) is 0. The summed E-state index contributed by atoms with van der Waals surface area (Å²) in [4.78, 5) is 0. The molecule has 0 radical (unpaired) electrons. The zero-order valence-electron chi connectivity index (χ0n) is 6.70. The van der Waals surface area contributed by atoms with Gasteiger partial charge in [-0.2, -0.15) is 0 Å². The number of rotatable bonds is 0. The van der Waals surface area contributed by atoms with Crippen LogP contribution in [0.3, 0.4) is 0 Å². The van der Waals surface area contributed by atoms with Gasteiger partial charge in [0.15, 0.2) is 0 Å². The topological polar surface area (TPSA) is 41.5 Å². The van der Waals surface area contributed by atoms with Crippen molar-refractivity contribution >= 4 is 19.7 Å². The molecule has 2 aliphatic heterocycles. The van der Waals surface area contributed by atoms with Crippen molar-refractivity contribution in [2.75, 3.05) is 11.5 Å². The predicted molar refractivity (Wildman–Crippen MR) is 45.1 cm³/mol. The van der Waals surface area contributed by atoms with Crippen LogP contribution >= 0.6 is 0 Å². The molecule has 0 aromatic heterocycles. The van der Waals surface area contributed by atoms with Crippen LogP contribution in [0.25, 0.3) is 0 Å². The van der Waals surface area contributed by atoms with E-state index in [1.54, 1.807) is 0 Å². The van der Waals surface area contributed by atoms with Crippen LogP contribution < -0.4 is 0 Å². The van der Waals surface area contributed by atoms with Crippen molar-refractivity contribution in [1.82, 2.24) is 0 Å². The molecular formula is C6H12O3SSi. The molecule has 2 aliphatic rings. The van der Waals surface area contributed by atoms with E-state index in [-0.39, 0.29) is 12.2 Å². The van der Waals surface area contributed by atoms with E-state index in [1.807, 2.05) is 13.1 Å². The number of hydrogen-bond acceptors (Lipinski definition) is 3. The van der Waals surface area contributed by atoms with Crippen LogP contribution in [0, 0.1) is 0 Å². The monoisotopic (exact) mass is 192 g/mol. The van der Waals surface area contributed by atoms with Gasteiger partial charge in [0.05, 0.1) is 0 Å². The maximum Gasteiger partial charge on any atom is 0.332 e. The second kappa shape index (κ2) is 2.47. The second-order valence-corrected chi connectivity index (χ2v) is 8.30. The molecule has 0 spiro atoms. The Morgan fingerprint density at radius 3 is 2.18 bits per heavy atom. The zero-order valence-corrected chi connectivity index (χ0v) is 8.52. The maximum absolute atomic E-state index is 11.0. The van der Waals surface area contributed by atoms with E-state index in [9.17, 15) is 4.55 Å². The van der Waals surface area contributed by atoms with E-state index in [2.05, 4.69) is 0 Å². The van der Waals surface area contributed by atoms with Crippen LogP contribution in [0.2, 0.25) is 13.1 Å². The number of hydrogen-bond donors (Lipinski definition) is 0. The van der Waals surface area contributed by atoms with Gasteiger partial charge in [0.25, 0.3) is 0 Å². The highest BCUT2D eigenvalue weighted by Crippen LogP contribution is 2.31. The quantitative estimate of drug-likeness (QED) is 0.408. The molecule has 0 N–H and O–H groups in total. The minimum atomic E-state index is -1.80. The Labute approximate surface area is 70.5 Å². The van der Waals surface area contributed by atoms with Gasteiger partial charge in [-0.05, 0) is 24.3 Å². The fraction of sp³-hybridized carbons (Fsp3) is 1.00. The van der Waals surface area contributed by atoms with Crippen molar-refractivity contribution in [1.29, 1.82) is 0 Å². The molecule has 2 saturated heterocycles. The lowest BCUT2D eigenvalue weighted by molar-refractivity contribution is 0.205. The van der Waals surface area contributed by atoms with Crippen molar-refractivity contribution in [3.05, 3.63) is 0 Å². The van der Waals surface area contributed by atoms with Crippen LogP contribution in [-0.4, -0.2) is 36.8 Å². The standard InChI is InChI=1S/C6H12O3SSi/c1-11(2)8-5-3-10(7)4-6(5)9-11/h5-6H,3-4H2,1-2H3. The molecule has 3 nitrogen and oxygen atoms in total. The average Bonchev–Trinajstić information content (AvgIpc) is 2.17. The zero-order chi connectivity index (χ0) is 8.06. The van der Waals surface area contributed by atoms with E-state index in [4.69, 9.17) is 8.85 Å².